The first-order valence-corrected chi connectivity index (χ1v) is 7.65. The predicted molar refractivity (Wildman–Crippen MR) is 77.6 cm³/mol. The van der Waals surface area contributed by atoms with Gasteiger partial charge in [0.1, 0.15) is 11.9 Å². The zero-order valence-electron chi connectivity index (χ0n) is 12.6. The highest BCUT2D eigenvalue weighted by atomic mass is 16.2. The number of likely N-dealkylation sites (tertiary alicyclic amines) is 1. The van der Waals surface area contributed by atoms with E-state index < -0.39 is 0 Å². The molecule has 0 spiro atoms. The molecular weight excluding hydrogens is 268 g/mol. The van der Waals surface area contributed by atoms with Crippen molar-refractivity contribution in [2.24, 2.45) is 0 Å². The van der Waals surface area contributed by atoms with Crippen molar-refractivity contribution < 1.29 is 9.59 Å². The molecule has 1 saturated heterocycles. The molecule has 6 nitrogen and oxygen atoms in total. The Labute approximate surface area is 124 Å². The Balaban J connectivity index is 1.62. The maximum absolute atomic E-state index is 12.4. The number of carbonyl (C=O) groups excluding carboxylic acids is 2. The van der Waals surface area contributed by atoms with Crippen molar-refractivity contribution in [1.82, 2.24) is 19.8 Å². The maximum Gasteiger partial charge on any atom is 0.243 e. The lowest BCUT2D eigenvalue weighted by atomic mass is 10.1. The second-order valence-corrected chi connectivity index (χ2v) is 6.07. The van der Waals surface area contributed by atoms with Crippen LogP contribution in [0.15, 0.2) is 6.20 Å². The number of fused-ring (bicyclic) bond motifs is 1. The lowest BCUT2D eigenvalue weighted by Crippen LogP contribution is -2.50. The minimum absolute atomic E-state index is 0.00649. The normalized spacial score (nSPS) is 24.8. The van der Waals surface area contributed by atoms with Crippen LogP contribution in [-0.4, -0.2) is 44.9 Å². The summed E-state index contributed by atoms with van der Waals surface area (Å²) >= 11 is 0. The SMILES string of the molecule is CC(=O)N1CCC[C@H]1C(=O)NC1CCc2nc(C)cn2C1. The molecule has 21 heavy (non-hydrogen) atoms. The van der Waals surface area contributed by atoms with E-state index in [9.17, 15) is 9.59 Å². The van der Waals surface area contributed by atoms with Crippen LogP contribution in [0.3, 0.4) is 0 Å². The molecule has 1 fully saturated rings. The molecule has 2 aliphatic heterocycles. The van der Waals surface area contributed by atoms with E-state index in [4.69, 9.17) is 0 Å². The van der Waals surface area contributed by atoms with Gasteiger partial charge in [0.15, 0.2) is 0 Å². The largest absolute Gasteiger partial charge is 0.350 e. The molecule has 0 radical (unpaired) electrons. The number of carbonyl (C=O) groups is 2. The summed E-state index contributed by atoms with van der Waals surface area (Å²) in [6.45, 7) is 4.99. The fourth-order valence-corrected chi connectivity index (χ4v) is 3.42. The van der Waals surface area contributed by atoms with E-state index in [0.717, 1.165) is 43.7 Å². The van der Waals surface area contributed by atoms with Crippen molar-refractivity contribution in [3.63, 3.8) is 0 Å². The molecular formula is C15H22N4O2. The number of aryl methyl sites for hydroxylation is 2. The Morgan fingerprint density at radius 1 is 1.38 bits per heavy atom. The third-order valence-corrected chi connectivity index (χ3v) is 4.42. The lowest BCUT2D eigenvalue weighted by molar-refractivity contribution is -0.137. The van der Waals surface area contributed by atoms with Gasteiger partial charge in [-0.15, -0.1) is 0 Å². The third-order valence-electron chi connectivity index (χ3n) is 4.42. The topological polar surface area (TPSA) is 67.2 Å². The summed E-state index contributed by atoms with van der Waals surface area (Å²) in [4.78, 5) is 30.1. The van der Waals surface area contributed by atoms with Crippen molar-refractivity contribution in [1.29, 1.82) is 0 Å². The average molecular weight is 290 g/mol. The molecule has 3 rings (SSSR count). The highest BCUT2D eigenvalue weighted by Gasteiger charge is 2.33. The number of hydrogen-bond acceptors (Lipinski definition) is 3. The maximum atomic E-state index is 12.4. The van der Waals surface area contributed by atoms with Crippen molar-refractivity contribution >= 4 is 11.8 Å². The van der Waals surface area contributed by atoms with Gasteiger partial charge >= 0.3 is 0 Å². The van der Waals surface area contributed by atoms with Crippen LogP contribution in [0.1, 0.15) is 37.7 Å². The van der Waals surface area contributed by atoms with Crippen LogP contribution in [0.5, 0.6) is 0 Å². The monoisotopic (exact) mass is 290 g/mol. The molecule has 1 N–H and O–H groups in total. The first-order chi connectivity index (χ1) is 10.0. The van der Waals surface area contributed by atoms with Gasteiger partial charge in [-0.1, -0.05) is 0 Å². The fourth-order valence-electron chi connectivity index (χ4n) is 3.42. The Morgan fingerprint density at radius 3 is 2.95 bits per heavy atom. The van der Waals surface area contributed by atoms with Crippen molar-refractivity contribution in [3.8, 4) is 0 Å². The quantitative estimate of drug-likeness (QED) is 0.869. The van der Waals surface area contributed by atoms with Crippen LogP contribution in [0.4, 0.5) is 0 Å². The molecule has 0 aromatic carbocycles. The summed E-state index contributed by atoms with van der Waals surface area (Å²) in [5.74, 6) is 1.08. The first-order valence-electron chi connectivity index (χ1n) is 7.65. The van der Waals surface area contributed by atoms with E-state index in [1.54, 1.807) is 4.90 Å². The van der Waals surface area contributed by atoms with Crippen molar-refractivity contribution in [2.45, 2.75) is 58.2 Å². The molecule has 2 amide bonds. The number of amides is 2. The number of imidazole rings is 1. The summed E-state index contributed by atoms with van der Waals surface area (Å²) in [5.41, 5.74) is 1.02. The highest BCUT2D eigenvalue weighted by Crippen LogP contribution is 2.19. The number of aromatic nitrogens is 2. The van der Waals surface area contributed by atoms with Crippen LogP contribution in [0.25, 0.3) is 0 Å². The minimum Gasteiger partial charge on any atom is -0.350 e. The predicted octanol–water partition coefficient (Wildman–Crippen LogP) is 0.633. The van der Waals surface area contributed by atoms with Gasteiger partial charge < -0.3 is 14.8 Å². The summed E-state index contributed by atoms with van der Waals surface area (Å²) in [5, 5.41) is 3.11. The zero-order chi connectivity index (χ0) is 15.0. The van der Waals surface area contributed by atoms with Crippen LogP contribution in [0.2, 0.25) is 0 Å². The molecule has 2 atom stereocenters. The second-order valence-electron chi connectivity index (χ2n) is 6.07. The fraction of sp³-hybridized carbons (Fsp3) is 0.667. The van der Waals surface area contributed by atoms with Gasteiger partial charge in [0.05, 0.1) is 5.69 Å². The summed E-state index contributed by atoms with van der Waals surface area (Å²) in [6.07, 6.45) is 5.51. The second kappa shape index (κ2) is 5.50. The summed E-state index contributed by atoms with van der Waals surface area (Å²) < 4.78 is 2.13. The van der Waals surface area contributed by atoms with Crippen LogP contribution in [0, 0.1) is 6.92 Å². The van der Waals surface area contributed by atoms with E-state index in [0.29, 0.717) is 6.54 Å². The molecule has 2 aliphatic rings. The number of nitrogens with zero attached hydrogens (tertiary/aromatic N) is 3. The van der Waals surface area contributed by atoms with Crippen molar-refractivity contribution in [3.05, 3.63) is 17.7 Å². The van der Waals surface area contributed by atoms with E-state index in [-0.39, 0.29) is 23.9 Å². The molecule has 0 saturated carbocycles. The Bertz CT molecular complexity index is 566. The van der Waals surface area contributed by atoms with E-state index in [2.05, 4.69) is 14.9 Å². The summed E-state index contributed by atoms with van der Waals surface area (Å²) in [7, 11) is 0. The van der Waals surface area contributed by atoms with E-state index in [1.165, 1.54) is 6.92 Å². The van der Waals surface area contributed by atoms with E-state index >= 15 is 0 Å². The average Bonchev–Trinajstić information content (AvgIpc) is 3.03. The molecule has 6 heteroatoms. The molecule has 1 unspecified atom stereocenters. The Morgan fingerprint density at radius 2 is 2.19 bits per heavy atom. The van der Waals surface area contributed by atoms with Gasteiger partial charge in [0.25, 0.3) is 0 Å². The van der Waals surface area contributed by atoms with Gasteiger partial charge in [0, 0.05) is 38.7 Å². The third kappa shape index (κ3) is 2.80. The Hall–Kier alpha value is -1.85. The van der Waals surface area contributed by atoms with Gasteiger partial charge in [-0.05, 0) is 26.2 Å². The van der Waals surface area contributed by atoms with Gasteiger partial charge in [-0.2, -0.15) is 0 Å². The van der Waals surface area contributed by atoms with Crippen LogP contribution >= 0.6 is 0 Å². The first kappa shape index (κ1) is 14.1. The minimum atomic E-state index is -0.284. The lowest BCUT2D eigenvalue weighted by Gasteiger charge is -2.28. The van der Waals surface area contributed by atoms with Crippen LogP contribution in [-0.2, 0) is 22.6 Å². The molecule has 114 valence electrons. The standard InChI is InChI=1S/C15H22N4O2/c1-10-8-18-9-12(5-6-14(18)16-10)17-15(21)13-4-3-7-19(13)11(2)20/h8,12-13H,3-7,9H2,1-2H3,(H,17,21)/t12?,13-/m0/s1. The van der Waals surface area contributed by atoms with Crippen LogP contribution < -0.4 is 5.32 Å². The van der Waals surface area contributed by atoms with Gasteiger partial charge in [-0.3, -0.25) is 9.59 Å². The zero-order valence-corrected chi connectivity index (χ0v) is 12.6. The molecule has 0 aliphatic carbocycles. The summed E-state index contributed by atoms with van der Waals surface area (Å²) in [6, 6.07) is -0.151. The van der Waals surface area contributed by atoms with Crippen molar-refractivity contribution in [2.75, 3.05) is 6.54 Å². The number of rotatable bonds is 2. The molecule has 1 aromatic heterocycles. The van der Waals surface area contributed by atoms with Gasteiger partial charge in [0.2, 0.25) is 11.8 Å². The molecule has 1 aromatic rings. The van der Waals surface area contributed by atoms with E-state index in [1.807, 2.05) is 13.1 Å². The smallest absolute Gasteiger partial charge is 0.243 e. The van der Waals surface area contributed by atoms with Gasteiger partial charge in [-0.25, -0.2) is 4.98 Å². The molecule has 0 bridgehead atoms. The number of nitrogens with one attached hydrogen (secondary N) is 1. The Kier molecular flexibility index (Phi) is 3.69. The highest BCUT2D eigenvalue weighted by molar-refractivity contribution is 5.87. The number of hydrogen-bond donors (Lipinski definition) is 1. The molecule has 3 heterocycles.